The molecule has 0 aliphatic rings. The summed E-state index contributed by atoms with van der Waals surface area (Å²) in [4.78, 5) is 10.4. The van der Waals surface area contributed by atoms with Crippen molar-refractivity contribution in [1.82, 2.24) is 9.97 Å². The first-order valence-electron chi connectivity index (χ1n) is 18.2. The predicted molar refractivity (Wildman–Crippen MR) is 225 cm³/mol. The topological polar surface area (TPSA) is 49.6 Å². The van der Waals surface area contributed by atoms with Crippen molar-refractivity contribution in [3.05, 3.63) is 181 Å². The minimum atomic E-state index is 0.651. The zero-order chi connectivity index (χ0) is 35.8. The number of fused-ring (bicyclic) bond motifs is 2. The Kier molecular flexibility index (Phi) is 6.62. The lowest BCUT2D eigenvalue weighted by Crippen LogP contribution is -1.96. The van der Waals surface area contributed by atoms with Crippen molar-refractivity contribution >= 4 is 64.6 Å². The van der Waals surface area contributed by atoms with Gasteiger partial charge in [0.15, 0.2) is 5.82 Å². The van der Waals surface area contributed by atoms with E-state index in [2.05, 4.69) is 140 Å². The van der Waals surface area contributed by atoms with Crippen LogP contribution in [0.3, 0.4) is 0 Å². The molecule has 0 unspecified atom stereocenters. The van der Waals surface area contributed by atoms with Gasteiger partial charge in [0.25, 0.3) is 0 Å². The SMILES string of the molecule is N#Cc1ccc(-c2ccc(-c3cc(-c4cc5ccc6cccc7c8cccc9ccc%10cccc(c(c4)c5c67)c%10c98)nc(-c4ccccc4)n3)cc2)cc1. The first-order valence-corrected chi connectivity index (χ1v) is 18.2. The van der Waals surface area contributed by atoms with E-state index in [-0.39, 0.29) is 0 Å². The van der Waals surface area contributed by atoms with Crippen molar-refractivity contribution in [3.63, 3.8) is 0 Å². The van der Waals surface area contributed by atoms with E-state index in [4.69, 9.17) is 9.97 Å². The molecular formula is C51H29N3. The van der Waals surface area contributed by atoms with Crippen LogP contribution in [0.5, 0.6) is 0 Å². The molecular weight excluding hydrogens is 655 g/mol. The third-order valence-corrected chi connectivity index (χ3v) is 11.0. The fourth-order valence-corrected chi connectivity index (χ4v) is 8.46. The number of nitrogens with zero attached hydrogens (tertiary/aromatic N) is 3. The van der Waals surface area contributed by atoms with E-state index in [0.29, 0.717) is 11.4 Å². The molecule has 11 aromatic rings. The lowest BCUT2D eigenvalue weighted by Gasteiger charge is -2.17. The van der Waals surface area contributed by atoms with E-state index in [9.17, 15) is 5.26 Å². The van der Waals surface area contributed by atoms with E-state index in [1.165, 1.54) is 64.6 Å². The molecule has 1 aromatic heterocycles. The molecule has 10 aromatic carbocycles. The summed E-state index contributed by atoms with van der Waals surface area (Å²) >= 11 is 0. The number of hydrogen-bond acceptors (Lipinski definition) is 3. The molecule has 0 atom stereocenters. The maximum Gasteiger partial charge on any atom is 0.160 e. The molecule has 248 valence electrons. The quantitative estimate of drug-likeness (QED) is 0.174. The Morgan fingerprint density at radius 2 is 0.815 bits per heavy atom. The molecule has 11 rings (SSSR count). The maximum atomic E-state index is 9.26. The van der Waals surface area contributed by atoms with Crippen LogP contribution in [0.4, 0.5) is 0 Å². The van der Waals surface area contributed by atoms with Crippen molar-refractivity contribution < 1.29 is 0 Å². The summed E-state index contributed by atoms with van der Waals surface area (Å²) in [6, 6.07) is 64.6. The van der Waals surface area contributed by atoms with E-state index in [1.807, 2.05) is 42.5 Å². The molecule has 0 N–H and O–H groups in total. The van der Waals surface area contributed by atoms with Gasteiger partial charge in [-0.3, -0.25) is 0 Å². The number of hydrogen-bond donors (Lipinski definition) is 0. The Morgan fingerprint density at radius 1 is 0.333 bits per heavy atom. The van der Waals surface area contributed by atoms with Crippen LogP contribution in [0.2, 0.25) is 0 Å². The first kappa shape index (κ1) is 30.2. The standard InChI is InChI=1S/C51H29N3/c52-30-31-15-17-32(18-16-31)33-19-21-34(22-20-33)45-29-46(54-51(53-45)38-7-2-1-3-8-38)40-27-39-26-25-37-10-5-13-42-41-12-4-9-35-23-24-36-11-6-14-43(49(36)47(35)41)44(28-40)50(39)48(37)42/h1-29H. The summed E-state index contributed by atoms with van der Waals surface area (Å²) < 4.78 is 0. The Morgan fingerprint density at radius 3 is 1.39 bits per heavy atom. The Hall–Kier alpha value is -7.41. The van der Waals surface area contributed by atoms with E-state index in [0.717, 1.165) is 39.2 Å². The van der Waals surface area contributed by atoms with Gasteiger partial charge in [0.2, 0.25) is 0 Å². The highest BCUT2D eigenvalue weighted by atomic mass is 14.9. The molecule has 0 aliphatic heterocycles. The van der Waals surface area contributed by atoms with Gasteiger partial charge in [-0.2, -0.15) is 5.26 Å². The maximum absolute atomic E-state index is 9.26. The lowest BCUT2D eigenvalue weighted by atomic mass is 9.87. The summed E-state index contributed by atoms with van der Waals surface area (Å²) in [5.74, 6) is 0.684. The van der Waals surface area contributed by atoms with Gasteiger partial charge in [-0.15, -0.1) is 0 Å². The van der Waals surface area contributed by atoms with Gasteiger partial charge in [-0.1, -0.05) is 146 Å². The van der Waals surface area contributed by atoms with Crippen LogP contribution in [-0.2, 0) is 0 Å². The van der Waals surface area contributed by atoms with Crippen molar-refractivity contribution in [2.45, 2.75) is 0 Å². The van der Waals surface area contributed by atoms with Crippen LogP contribution in [0.15, 0.2) is 176 Å². The number of benzene rings is 9. The van der Waals surface area contributed by atoms with Crippen LogP contribution in [0, 0.1) is 11.3 Å². The fraction of sp³-hybridized carbons (Fsp3) is 0. The van der Waals surface area contributed by atoms with Crippen LogP contribution in [0.25, 0.3) is 110 Å². The fourth-order valence-electron chi connectivity index (χ4n) is 8.46. The normalized spacial score (nSPS) is 11.7. The molecule has 0 aliphatic carbocycles. The summed E-state index contributed by atoms with van der Waals surface area (Å²) in [5.41, 5.74) is 7.54. The van der Waals surface area contributed by atoms with Crippen LogP contribution in [-0.4, -0.2) is 9.97 Å². The molecule has 0 bridgehead atoms. The van der Waals surface area contributed by atoms with Gasteiger partial charge in [0.05, 0.1) is 23.0 Å². The van der Waals surface area contributed by atoms with Gasteiger partial charge in [0.1, 0.15) is 0 Å². The second-order valence-corrected chi connectivity index (χ2v) is 14.1. The highest BCUT2D eigenvalue weighted by molar-refractivity contribution is 6.37. The summed E-state index contributed by atoms with van der Waals surface area (Å²) in [5, 5.41) is 24.3. The largest absolute Gasteiger partial charge is 0.228 e. The van der Waals surface area contributed by atoms with Crippen molar-refractivity contribution in [1.29, 1.82) is 5.26 Å². The van der Waals surface area contributed by atoms with Gasteiger partial charge < -0.3 is 0 Å². The number of nitriles is 1. The Balaban J connectivity index is 1.19. The second-order valence-electron chi connectivity index (χ2n) is 14.1. The van der Waals surface area contributed by atoms with Crippen LogP contribution < -0.4 is 0 Å². The van der Waals surface area contributed by atoms with Gasteiger partial charge in [-0.25, -0.2) is 9.97 Å². The molecule has 0 fully saturated rings. The first-order chi connectivity index (χ1) is 26.7. The minimum absolute atomic E-state index is 0.651. The summed E-state index contributed by atoms with van der Waals surface area (Å²) in [6.07, 6.45) is 0. The van der Waals surface area contributed by atoms with Crippen molar-refractivity contribution in [2.24, 2.45) is 0 Å². The van der Waals surface area contributed by atoms with Gasteiger partial charge in [0, 0.05) is 16.7 Å². The molecule has 0 saturated carbocycles. The van der Waals surface area contributed by atoms with E-state index < -0.39 is 0 Å². The number of aromatic nitrogens is 2. The highest BCUT2D eigenvalue weighted by Gasteiger charge is 2.18. The van der Waals surface area contributed by atoms with Gasteiger partial charge >= 0.3 is 0 Å². The van der Waals surface area contributed by atoms with E-state index >= 15 is 0 Å². The zero-order valence-electron chi connectivity index (χ0n) is 29.1. The monoisotopic (exact) mass is 683 g/mol. The molecule has 0 saturated heterocycles. The number of rotatable bonds is 4. The third kappa shape index (κ3) is 4.68. The molecule has 3 heteroatoms. The second kappa shape index (κ2) is 11.8. The summed E-state index contributed by atoms with van der Waals surface area (Å²) in [7, 11) is 0. The average Bonchev–Trinajstić information content (AvgIpc) is 3.25. The molecule has 54 heavy (non-hydrogen) atoms. The summed E-state index contributed by atoms with van der Waals surface area (Å²) in [6.45, 7) is 0. The molecule has 0 radical (unpaired) electrons. The highest BCUT2D eigenvalue weighted by Crippen LogP contribution is 2.44. The smallest absolute Gasteiger partial charge is 0.160 e. The van der Waals surface area contributed by atoms with Crippen molar-refractivity contribution in [2.75, 3.05) is 0 Å². The average molecular weight is 684 g/mol. The molecule has 0 amide bonds. The Labute approximate surface area is 311 Å². The predicted octanol–water partition coefficient (Wildman–Crippen LogP) is 13.4. The van der Waals surface area contributed by atoms with Crippen molar-refractivity contribution in [3.8, 4) is 51.1 Å². The third-order valence-electron chi connectivity index (χ3n) is 11.0. The Bertz CT molecular complexity index is 3300. The molecule has 3 nitrogen and oxygen atoms in total. The van der Waals surface area contributed by atoms with Crippen LogP contribution in [0.1, 0.15) is 5.56 Å². The molecule has 0 spiro atoms. The zero-order valence-corrected chi connectivity index (χ0v) is 29.1. The molecule has 1 heterocycles. The van der Waals surface area contributed by atoms with Crippen LogP contribution >= 0.6 is 0 Å². The lowest BCUT2D eigenvalue weighted by molar-refractivity contribution is 1.18. The van der Waals surface area contributed by atoms with Gasteiger partial charge in [-0.05, 0) is 106 Å². The minimum Gasteiger partial charge on any atom is -0.228 e. The van der Waals surface area contributed by atoms with E-state index in [1.54, 1.807) is 0 Å².